The molecule has 2 saturated heterocycles. The lowest BCUT2D eigenvalue weighted by Crippen LogP contribution is -2.59. The average Bonchev–Trinajstić information content (AvgIpc) is 3.45. The molecule has 2 fully saturated rings. The van der Waals surface area contributed by atoms with Crippen molar-refractivity contribution in [2.24, 2.45) is 0 Å². The number of aliphatic hydroxyl groups is 1. The Morgan fingerprint density at radius 2 is 1.59 bits per heavy atom. The van der Waals surface area contributed by atoms with E-state index in [1.54, 1.807) is 20.4 Å². The Balaban J connectivity index is 1.24. The molecule has 2 aromatic heterocycles. The quantitative estimate of drug-likeness (QED) is 0.176. The molecule has 2 aliphatic heterocycles. The number of halogens is 2. The van der Waals surface area contributed by atoms with Crippen LogP contribution in [0.1, 0.15) is 31.0 Å². The highest BCUT2D eigenvalue weighted by Gasteiger charge is 2.37. The largest absolute Gasteiger partial charge is 0.481 e. The zero-order valence-corrected chi connectivity index (χ0v) is 27.8. The summed E-state index contributed by atoms with van der Waals surface area (Å²) in [7, 11) is 3.20. The van der Waals surface area contributed by atoms with Crippen LogP contribution < -0.4 is 20.1 Å². The first-order valence-electron chi connectivity index (χ1n) is 15.3. The Hall–Kier alpha value is -3.73. The fraction of sp³-hybridized carbons (Fsp3) is 0.343. The number of nitrogens with one attached hydrogen (secondary N) is 2. The normalized spacial score (nSPS) is 17.4. The molecule has 6 rings (SSSR count). The van der Waals surface area contributed by atoms with Crippen molar-refractivity contribution in [2.75, 3.05) is 33.9 Å². The van der Waals surface area contributed by atoms with Gasteiger partial charge in [0.15, 0.2) is 0 Å². The molecule has 1 atom stereocenters. The summed E-state index contributed by atoms with van der Waals surface area (Å²) < 4.78 is 11.3. The number of hydrogen-bond donors (Lipinski definition) is 3. The lowest BCUT2D eigenvalue weighted by Gasteiger charge is -2.44. The molecular weight excluding hydrogens is 623 g/mol. The maximum atomic E-state index is 10.1. The number of nitrogens with zero attached hydrogens (tertiary/aromatic N) is 4. The fourth-order valence-corrected chi connectivity index (χ4v) is 6.81. The van der Waals surface area contributed by atoms with Crippen LogP contribution in [0.25, 0.3) is 33.6 Å². The second-order valence-corrected chi connectivity index (χ2v) is 12.9. The molecule has 240 valence electrons. The van der Waals surface area contributed by atoms with Gasteiger partial charge < -0.3 is 25.2 Å². The van der Waals surface area contributed by atoms with Crippen molar-refractivity contribution in [1.29, 1.82) is 0 Å². The molecule has 2 aliphatic rings. The zero-order chi connectivity index (χ0) is 32.4. The first-order valence-corrected chi connectivity index (χ1v) is 16.0. The van der Waals surface area contributed by atoms with E-state index in [4.69, 9.17) is 42.6 Å². The van der Waals surface area contributed by atoms with Crippen LogP contribution in [0, 0.1) is 0 Å². The van der Waals surface area contributed by atoms with Gasteiger partial charge in [-0.25, -0.2) is 9.97 Å². The first-order chi connectivity index (χ1) is 22.2. The van der Waals surface area contributed by atoms with Crippen molar-refractivity contribution in [3.63, 3.8) is 0 Å². The van der Waals surface area contributed by atoms with Crippen molar-refractivity contribution in [3.8, 4) is 45.4 Å². The highest BCUT2D eigenvalue weighted by atomic mass is 35.5. The van der Waals surface area contributed by atoms with Gasteiger partial charge in [-0.2, -0.15) is 0 Å². The van der Waals surface area contributed by atoms with Crippen molar-refractivity contribution < 1.29 is 14.6 Å². The number of β-amino-alcohol motifs (C(OH)–C–C–N with tert-alkyl or cyclic N) is 1. The number of ether oxygens (including phenoxy) is 2. The summed E-state index contributed by atoms with van der Waals surface area (Å²) in [6.45, 7) is 8.99. The fourth-order valence-electron chi connectivity index (χ4n) is 6.16. The topological polar surface area (TPSA) is 105 Å². The number of methoxy groups -OCH3 is 2. The van der Waals surface area contributed by atoms with E-state index < -0.39 is 5.60 Å². The van der Waals surface area contributed by atoms with E-state index in [0.717, 1.165) is 47.3 Å². The summed E-state index contributed by atoms with van der Waals surface area (Å²) >= 11 is 14.1. The molecule has 0 bridgehead atoms. The molecule has 9 nitrogen and oxygen atoms in total. The van der Waals surface area contributed by atoms with Crippen molar-refractivity contribution >= 4 is 23.2 Å². The third kappa shape index (κ3) is 6.84. The Kier molecular flexibility index (Phi) is 9.49. The summed E-state index contributed by atoms with van der Waals surface area (Å²) in [6, 6.07) is 15.9. The molecule has 4 heterocycles. The predicted octanol–water partition coefficient (Wildman–Crippen LogP) is 6.12. The van der Waals surface area contributed by atoms with Gasteiger partial charge in [-0.1, -0.05) is 72.2 Å². The Morgan fingerprint density at radius 3 is 2.20 bits per heavy atom. The average molecular weight is 662 g/mol. The number of pyridine rings is 1. The van der Waals surface area contributed by atoms with Gasteiger partial charge in [0.05, 0.1) is 47.5 Å². The van der Waals surface area contributed by atoms with E-state index in [-0.39, 0.29) is 0 Å². The molecule has 2 aromatic carbocycles. The van der Waals surface area contributed by atoms with Gasteiger partial charge in [-0.05, 0) is 25.8 Å². The second-order valence-electron chi connectivity index (χ2n) is 12.2. The third-order valence-electron chi connectivity index (χ3n) is 8.39. The Morgan fingerprint density at radius 1 is 0.957 bits per heavy atom. The van der Waals surface area contributed by atoms with Crippen LogP contribution in [-0.2, 0) is 13.1 Å². The monoisotopic (exact) mass is 660 g/mol. The molecule has 0 amide bonds. The number of hydrogen-bond acceptors (Lipinski definition) is 9. The number of likely N-dealkylation sites (tertiary alicyclic amines) is 1. The smallest absolute Gasteiger partial charge is 0.237 e. The minimum absolute atomic E-state index is 0.390. The summed E-state index contributed by atoms with van der Waals surface area (Å²) in [5.74, 6) is 0.969. The van der Waals surface area contributed by atoms with Gasteiger partial charge in [0.2, 0.25) is 11.8 Å². The lowest BCUT2D eigenvalue weighted by molar-refractivity contribution is -0.0878. The molecule has 0 radical (unpaired) electrons. The summed E-state index contributed by atoms with van der Waals surface area (Å²) in [6.07, 6.45) is 3.80. The molecule has 0 spiro atoms. The minimum atomic E-state index is -0.667. The standard InChI is InChI=1S/C35H38Cl2N6O3/c1-21-11-13-23(40-21)16-38-15-22-12-14-28(41-33(22)45-3)26-9-5-7-24(31(26)36)25-8-6-10-27(32(25)37)29-17-39-30(34(42-29)46-4)18-43-19-35(2,44)20-43/h5-10,12,14,17,23,38,40,44H,1,11,13,15-16,18-20H2,2-4H3/t23-/m0/s1. The second kappa shape index (κ2) is 13.6. The van der Waals surface area contributed by atoms with Gasteiger partial charge in [0.25, 0.3) is 0 Å². The van der Waals surface area contributed by atoms with Crippen LogP contribution >= 0.6 is 23.2 Å². The van der Waals surface area contributed by atoms with E-state index in [0.29, 0.717) is 76.7 Å². The van der Waals surface area contributed by atoms with E-state index in [1.165, 1.54) is 0 Å². The molecule has 4 aromatic rings. The van der Waals surface area contributed by atoms with Crippen LogP contribution in [0.4, 0.5) is 0 Å². The molecule has 3 N–H and O–H groups in total. The third-order valence-corrected chi connectivity index (χ3v) is 9.20. The van der Waals surface area contributed by atoms with Crippen LogP contribution in [0.2, 0.25) is 10.0 Å². The van der Waals surface area contributed by atoms with Crippen molar-refractivity contribution in [2.45, 2.75) is 44.5 Å². The van der Waals surface area contributed by atoms with Crippen LogP contribution in [0.5, 0.6) is 11.8 Å². The molecule has 0 saturated carbocycles. The highest BCUT2D eigenvalue weighted by molar-refractivity contribution is 6.39. The van der Waals surface area contributed by atoms with Gasteiger partial charge in [-0.15, -0.1) is 0 Å². The Bertz CT molecular complexity index is 1760. The van der Waals surface area contributed by atoms with Crippen molar-refractivity contribution in [3.05, 3.63) is 88.3 Å². The SMILES string of the molecule is C=C1CC[C@@H](CNCc2ccc(-c3cccc(-c4cccc(-c5cnc(CN6CC(C)(O)C6)c(OC)n5)c4Cl)c3Cl)nc2OC)N1. The minimum Gasteiger partial charge on any atom is -0.481 e. The van der Waals surface area contributed by atoms with E-state index in [1.807, 2.05) is 55.5 Å². The van der Waals surface area contributed by atoms with E-state index in [2.05, 4.69) is 27.1 Å². The van der Waals surface area contributed by atoms with Gasteiger partial charge >= 0.3 is 0 Å². The molecular formula is C35H38Cl2N6O3. The predicted molar refractivity (Wildman–Crippen MR) is 182 cm³/mol. The van der Waals surface area contributed by atoms with Crippen LogP contribution in [0.3, 0.4) is 0 Å². The highest BCUT2D eigenvalue weighted by Crippen LogP contribution is 2.42. The maximum absolute atomic E-state index is 10.1. The number of allylic oxidation sites excluding steroid dienone is 1. The zero-order valence-electron chi connectivity index (χ0n) is 26.2. The molecule has 0 unspecified atom stereocenters. The molecule has 11 heteroatoms. The van der Waals surface area contributed by atoms with Crippen LogP contribution in [-0.4, -0.2) is 70.5 Å². The van der Waals surface area contributed by atoms with E-state index >= 15 is 0 Å². The maximum Gasteiger partial charge on any atom is 0.237 e. The molecule has 46 heavy (non-hydrogen) atoms. The summed E-state index contributed by atoms with van der Waals surface area (Å²) in [5, 5.41) is 18.0. The number of benzene rings is 2. The Labute approximate surface area is 279 Å². The van der Waals surface area contributed by atoms with Crippen molar-refractivity contribution in [1.82, 2.24) is 30.5 Å². The van der Waals surface area contributed by atoms with Crippen LogP contribution in [0.15, 0.2) is 67.0 Å². The van der Waals surface area contributed by atoms with Gasteiger partial charge in [0, 0.05) is 72.3 Å². The first kappa shape index (κ1) is 32.2. The van der Waals surface area contributed by atoms with E-state index in [9.17, 15) is 5.11 Å². The summed E-state index contributed by atoms with van der Waals surface area (Å²) in [5.41, 5.74) is 6.38. The van der Waals surface area contributed by atoms with Gasteiger partial charge in [-0.3, -0.25) is 9.88 Å². The van der Waals surface area contributed by atoms with Gasteiger partial charge in [0.1, 0.15) is 5.69 Å². The lowest BCUT2D eigenvalue weighted by atomic mass is 9.97. The number of aromatic nitrogens is 3. The number of rotatable bonds is 11. The molecule has 0 aliphatic carbocycles. The summed E-state index contributed by atoms with van der Waals surface area (Å²) in [4.78, 5) is 16.3.